The molecule has 111 valence electrons. The Morgan fingerprint density at radius 2 is 1.48 bits per heavy atom. The van der Waals surface area contributed by atoms with Gasteiger partial charge in [-0.05, 0) is 30.8 Å². The molecule has 3 heteroatoms. The van der Waals surface area contributed by atoms with Crippen LogP contribution in [0.4, 0.5) is 0 Å². The summed E-state index contributed by atoms with van der Waals surface area (Å²) < 4.78 is 0. The predicted molar refractivity (Wildman–Crippen MR) is 83.9 cm³/mol. The number of aromatic nitrogens is 2. The van der Waals surface area contributed by atoms with E-state index in [1.807, 2.05) is 67.6 Å². The fraction of sp³-hybridized carbons (Fsp3) is 0.0556. The summed E-state index contributed by atoms with van der Waals surface area (Å²) in [6.07, 6.45) is 3.57. The number of pyridine rings is 2. The smallest absolute Gasteiger partial charge is 0.0372 e. The second-order valence-electron chi connectivity index (χ2n) is 3.96. The monoisotopic (exact) mass is 455 g/mol. The number of aryl methyl sites for hydroxylation is 1. The summed E-state index contributed by atoms with van der Waals surface area (Å²) in [7, 11) is 0. The van der Waals surface area contributed by atoms with Gasteiger partial charge in [-0.25, -0.2) is 0 Å². The molecule has 0 N–H and O–H groups in total. The summed E-state index contributed by atoms with van der Waals surface area (Å²) in [4.78, 5) is 8.20. The molecule has 1 radical (unpaired) electrons. The van der Waals surface area contributed by atoms with Crippen molar-refractivity contribution in [2.45, 2.75) is 6.92 Å². The van der Waals surface area contributed by atoms with Gasteiger partial charge in [0.05, 0.1) is 0 Å². The Bertz CT molecular complexity index is 546. The van der Waals surface area contributed by atoms with Crippen molar-refractivity contribution in [2.24, 2.45) is 0 Å². The molecule has 0 spiro atoms. The maximum absolute atomic E-state index is 4.22. The molecular weight excluding hydrogens is 436 g/mol. The van der Waals surface area contributed by atoms with E-state index in [0.717, 1.165) is 17.0 Å². The van der Waals surface area contributed by atoms with Crippen LogP contribution in [0.1, 0.15) is 5.69 Å². The maximum atomic E-state index is 4.22. The van der Waals surface area contributed by atoms with Crippen molar-refractivity contribution in [3.63, 3.8) is 0 Å². The third-order valence-corrected chi connectivity index (χ3v) is 2.46. The first-order valence-electron chi connectivity index (χ1n) is 6.12. The SMILES string of the molecule is Cc1ccccn1.[CH3-].[Ir].[c-]1ccccc1-c1ccccn1. The molecular formula is C18H18IrN2-2. The predicted octanol–water partition coefficient (Wildman–Crippen LogP) is 4.39. The van der Waals surface area contributed by atoms with E-state index < -0.39 is 0 Å². The fourth-order valence-electron chi connectivity index (χ4n) is 1.52. The minimum Gasteiger partial charge on any atom is -0.358 e. The zero-order chi connectivity index (χ0) is 13.3. The zero-order valence-corrected chi connectivity index (χ0v) is 14.6. The van der Waals surface area contributed by atoms with E-state index in [0.29, 0.717) is 0 Å². The molecule has 2 aromatic heterocycles. The molecule has 0 bridgehead atoms. The van der Waals surface area contributed by atoms with Crippen LogP contribution in [-0.4, -0.2) is 9.97 Å². The average Bonchev–Trinajstić information content (AvgIpc) is 2.51. The summed E-state index contributed by atoms with van der Waals surface area (Å²) in [5, 5.41) is 0. The van der Waals surface area contributed by atoms with Gasteiger partial charge in [0.25, 0.3) is 0 Å². The molecule has 1 aromatic carbocycles. The molecule has 0 atom stereocenters. The van der Waals surface area contributed by atoms with Gasteiger partial charge in [0.1, 0.15) is 0 Å². The van der Waals surface area contributed by atoms with Gasteiger partial charge in [0.2, 0.25) is 0 Å². The molecule has 0 saturated heterocycles. The van der Waals surface area contributed by atoms with E-state index >= 15 is 0 Å². The van der Waals surface area contributed by atoms with Crippen LogP contribution in [0.5, 0.6) is 0 Å². The third-order valence-electron chi connectivity index (χ3n) is 2.46. The molecule has 2 heterocycles. The molecule has 2 nitrogen and oxygen atoms in total. The van der Waals surface area contributed by atoms with Crippen LogP contribution in [0.2, 0.25) is 0 Å². The summed E-state index contributed by atoms with van der Waals surface area (Å²) in [6, 6.07) is 22.7. The summed E-state index contributed by atoms with van der Waals surface area (Å²) in [5.74, 6) is 0. The van der Waals surface area contributed by atoms with Crippen molar-refractivity contribution in [1.29, 1.82) is 0 Å². The Kier molecular flexibility index (Phi) is 9.95. The molecule has 0 fully saturated rings. The van der Waals surface area contributed by atoms with Crippen molar-refractivity contribution < 1.29 is 20.1 Å². The van der Waals surface area contributed by atoms with Crippen LogP contribution >= 0.6 is 0 Å². The van der Waals surface area contributed by atoms with Gasteiger partial charge in [0.15, 0.2) is 0 Å². The topological polar surface area (TPSA) is 25.8 Å². The minimum absolute atomic E-state index is 0. The molecule has 0 aliphatic heterocycles. The number of hydrogen-bond donors (Lipinski definition) is 0. The number of benzene rings is 1. The van der Waals surface area contributed by atoms with E-state index in [2.05, 4.69) is 16.0 Å². The summed E-state index contributed by atoms with van der Waals surface area (Å²) >= 11 is 0. The molecule has 0 amide bonds. The Morgan fingerprint density at radius 1 is 0.810 bits per heavy atom. The van der Waals surface area contributed by atoms with Gasteiger partial charge >= 0.3 is 0 Å². The van der Waals surface area contributed by atoms with Crippen molar-refractivity contribution in [2.75, 3.05) is 0 Å². The van der Waals surface area contributed by atoms with Gasteiger partial charge in [0, 0.05) is 38.2 Å². The summed E-state index contributed by atoms with van der Waals surface area (Å²) in [5.41, 5.74) is 3.08. The van der Waals surface area contributed by atoms with Gasteiger partial charge in [-0.15, -0.1) is 35.9 Å². The second-order valence-corrected chi connectivity index (χ2v) is 3.96. The molecule has 21 heavy (non-hydrogen) atoms. The molecule has 3 rings (SSSR count). The second kappa shape index (κ2) is 10.9. The number of hydrogen-bond acceptors (Lipinski definition) is 2. The Hall–Kier alpha value is -1.83. The van der Waals surface area contributed by atoms with Crippen LogP contribution in [0, 0.1) is 20.4 Å². The van der Waals surface area contributed by atoms with Crippen LogP contribution in [0.25, 0.3) is 11.3 Å². The Balaban J connectivity index is 0.000000389. The van der Waals surface area contributed by atoms with Crippen LogP contribution < -0.4 is 0 Å². The van der Waals surface area contributed by atoms with Crippen molar-refractivity contribution in [3.8, 4) is 11.3 Å². The first-order chi connectivity index (χ1) is 9.36. The molecule has 0 saturated carbocycles. The quantitative estimate of drug-likeness (QED) is 0.510. The van der Waals surface area contributed by atoms with Crippen molar-refractivity contribution >= 4 is 0 Å². The molecule has 0 aliphatic carbocycles. The van der Waals surface area contributed by atoms with Crippen molar-refractivity contribution in [3.05, 3.63) is 92.2 Å². The van der Waals surface area contributed by atoms with Gasteiger partial charge in [-0.1, -0.05) is 18.2 Å². The standard InChI is InChI=1S/C11H8N.C6H7N.CH3.Ir/c1-2-6-10(7-3-1)11-8-4-5-9-12-11;1-6-4-2-3-5-7-6;;/h1-6,8-9H;2-5H,1H3;1H3;/q-1;;-1;. The van der Waals surface area contributed by atoms with Crippen LogP contribution in [0.15, 0.2) is 73.1 Å². The van der Waals surface area contributed by atoms with E-state index in [4.69, 9.17) is 0 Å². The summed E-state index contributed by atoms with van der Waals surface area (Å²) in [6.45, 7) is 1.97. The first-order valence-corrected chi connectivity index (χ1v) is 6.12. The normalized spacial score (nSPS) is 8.43. The van der Waals surface area contributed by atoms with Gasteiger partial charge in [-0.2, -0.15) is 0 Å². The molecule has 3 aromatic rings. The Labute approximate surface area is 140 Å². The van der Waals surface area contributed by atoms with E-state index in [9.17, 15) is 0 Å². The van der Waals surface area contributed by atoms with E-state index in [1.165, 1.54) is 0 Å². The first kappa shape index (κ1) is 19.2. The van der Waals surface area contributed by atoms with Crippen LogP contribution in [-0.2, 0) is 20.1 Å². The Morgan fingerprint density at radius 3 is 1.90 bits per heavy atom. The van der Waals surface area contributed by atoms with E-state index in [1.54, 1.807) is 12.4 Å². The third kappa shape index (κ3) is 6.94. The maximum Gasteiger partial charge on any atom is 0.0372 e. The molecule has 0 aliphatic rings. The van der Waals surface area contributed by atoms with Crippen LogP contribution in [0.3, 0.4) is 0 Å². The number of rotatable bonds is 1. The van der Waals surface area contributed by atoms with E-state index in [-0.39, 0.29) is 27.5 Å². The average molecular weight is 455 g/mol. The van der Waals surface area contributed by atoms with Gasteiger partial charge < -0.3 is 12.4 Å². The number of nitrogens with zero attached hydrogens (tertiary/aromatic N) is 2. The zero-order valence-electron chi connectivity index (χ0n) is 12.2. The van der Waals surface area contributed by atoms with Gasteiger partial charge in [-0.3, -0.25) is 4.98 Å². The fourth-order valence-corrected chi connectivity index (χ4v) is 1.52. The molecule has 0 unspecified atom stereocenters. The largest absolute Gasteiger partial charge is 0.358 e. The van der Waals surface area contributed by atoms with Crippen molar-refractivity contribution in [1.82, 2.24) is 9.97 Å². The minimum atomic E-state index is 0.